The third-order valence-electron chi connectivity index (χ3n) is 2.21. The maximum atomic E-state index is 9.86. The third-order valence-corrected chi connectivity index (χ3v) is 3.10. The van der Waals surface area contributed by atoms with E-state index in [1.54, 1.807) is 0 Å². The number of rotatable bonds is 1. The predicted octanol–water partition coefficient (Wildman–Crippen LogP) is 2.45. The van der Waals surface area contributed by atoms with E-state index in [9.17, 15) is 5.11 Å². The Bertz CT molecular complexity index is 297. The molecule has 1 aliphatic carbocycles. The molecule has 0 bridgehead atoms. The van der Waals surface area contributed by atoms with Crippen LogP contribution in [0.3, 0.4) is 0 Å². The molecule has 0 saturated heterocycles. The molecule has 0 spiro atoms. The molecule has 1 N–H and O–H groups in total. The van der Waals surface area contributed by atoms with Gasteiger partial charge in [-0.3, -0.25) is 0 Å². The summed E-state index contributed by atoms with van der Waals surface area (Å²) in [5, 5.41) is 9.86. The van der Waals surface area contributed by atoms with Gasteiger partial charge in [-0.05, 0) is 5.56 Å². The van der Waals surface area contributed by atoms with Crippen LogP contribution in [0.15, 0.2) is 30.3 Å². The number of hydrogen-bond acceptors (Lipinski definition) is 1. The van der Waals surface area contributed by atoms with E-state index in [2.05, 4.69) is 0 Å². The van der Waals surface area contributed by atoms with Crippen LogP contribution in [-0.2, 0) is 5.60 Å². The molecule has 0 heterocycles. The van der Waals surface area contributed by atoms with Gasteiger partial charge in [0, 0.05) is 6.42 Å². The van der Waals surface area contributed by atoms with Crippen molar-refractivity contribution in [2.75, 3.05) is 0 Å². The fraction of sp³-hybridized carbons (Fsp3) is 0.333. The molecule has 1 atom stereocenters. The summed E-state index contributed by atoms with van der Waals surface area (Å²) in [6, 6.07) is 9.25. The molecule has 1 fully saturated rings. The fourth-order valence-corrected chi connectivity index (χ4v) is 1.91. The van der Waals surface area contributed by atoms with Gasteiger partial charge in [0.25, 0.3) is 0 Å². The van der Waals surface area contributed by atoms with Gasteiger partial charge in [-0.2, -0.15) is 0 Å². The minimum atomic E-state index is -1.03. The Labute approximate surface area is 80.9 Å². The minimum Gasteiger partial charge on any atom is -0.382 e. The SMILES string of the molecule is OC1(c2ccccc2)CC1(Cl)Cl. The highest BCUT2D eigenvalue weighted by Gasteiger charge is 2.66. The van der Waals surface area contributed by atoms with Crippen molar-refractivity contribution in [2.45, 2.75) is 16.4 Å². The standard InChI is InChI=1S/C9H8Cl2O/c10-9(11)6-8(9,12)7-4-2-1-3-5-7/h1-5,12H,6H2. The van der Waals surface area contributed by atoms with Crippen molar-refractivity contribution < 1.29 is 5.11 Å². The zero-order valence-corrected chi connectivity index (χ0v) is 7.81. The van der Waals surface area contributed by atoms with Crippen molar-refractivity contribution in [2.24, 2.45) is 0 Å². The summed E-state index contributed by atoms with van der Waals surface area (Å²) in [6.45, 7) is 0. The Kier molecular flexibility index (Phi) is 1.66. The highest BCUT2D eigenvalue weighted by Crippen LogP contribution is 2.62. The minimum absolute atomic E-state index is 0.410. The lowest BCUT2D eigenvalue weighted by Crippen LogP contribution is -2.13. The summed E-state index contributed by atoms with van der Waals surface area (Å²) < 4.78 is -0.992. The van der Waals surface area contributed by atoms with E-state index in [-0.39, 0.29) is 0 Å². The number of alkyl halides is 2. The average Bonchev–Trinajstić information content (AvgIpc) is 2.55. The molecule has 1 aromatic carbocycles. The molecular formula is C9H8Cl2O. The van der Waals surface area contributed by atoms with Crippen molar-refractivity contribution in [3.05, 3.63) is 35.9 Å². The monoisotopic (exact) mass is 202 g/mol. The lowest BCUT2D eigenvalue weighted by atomic mass is 10.1. The predicted molar refractivity (Wildman–Crippen MR) is 49.4 cm³/mol. The van der Waals surface area contributed by atoms with Gasteiger partial charge in [-0.15, -0.1) is 0 Å². The molecule has 0 radical (unpaired) electrons. The van der Waals surface area contributed by atoms with E-state index in [1.807, 2.05) is 30.3 Å². The van der Waals surface area contributed by atoms with Gasteiger partial charge in [0.05, 0.1) is 0 Å². The molecule has 0 aliphatic heterocycles. The summed E-state index contributed by atoms with van der Waals surface area (Å²) in [4.78, 5) is 0. The number of hydrogen-bond donors (Lipinski definition) is 1. The maximum Gasteiger partial charge on any atom is 0.154 e. The van der Waals surface area contributed by atoms with Gasteiger partial charge in [0.1, 0.15) is 5.60 Å². The molecule has 0 amide bonds. The fourth-order valence-electron chi connectivity index (χ4n) is 1.30. The van der Waals surface area contributed by atoms with Gasteiger partial charge in [0.2, 0.25) is 0 Å². The van der Waals surface area contributed by atoms with Crippen LogP contribution in [0.2, 0.25) is 0 Å². The van der Waals surface area contributed by atoms with Gasteiger partial charge in [0.15, 0.2) is 4.33 Å². The largest absolute Gasteiger partial charge is 0.382 e. The summed E-state index contributed by atoms with van der Waals surface area (Å²) in [6.07, 6.45) is 0.410. The first-order valence-electron chi connectivity index (χ1n) is 3.72. The van der Waals surface area contributed by atoms with Gasteiger partial charge < -0.3 is 5.11 Å². The van der Waals surface area contributed by atoms with Crippen LogP contribution in [0.5, 0.6) is 0 Å². The molecule has 1 saturated carbocycles. The molecule has 1 unspecified atom stereocenters. The van der Waals surface area contributed by atoms with Crippen LogP contribution in [0.4, 0.5) is 0 Å². The van der Waals surface area contributed by atoms with E-state index in [0.29, 0.717) is 6.42 Å². The van der Waals surface area contributed by atoms with Gasteiger partial charge in [-0.1, -0.05) is 53.5 Å². The molecular weight excluding hydrogens is 195 g/mol. The van der Waals surface area contributed by atoms with Crippen LogP contribution < -0.4 is 0 Å². The summed E-state index contributed by atoms with van der Waals surface area (Å²) in [5.41, 5.74) is -0.243. The number of aliphatic hydroxyl groups is 1. The van der Waals surface area contributed by atoms with Crippen LogP contribution in [0.1, 0.15) is 12.0 Å². The number of benzene rings is 1. The Morgan fingerprint density at radius 3 is 2.08 bits per heavy atom. The summed E-state index contributed by atoms with van der Waals surface area (Å²) in [5.74, 6) is 0. The summed E-state index contributed by atoms with van der Waals surface area (Å²) in [7, 11) is 0. The lowest BCUT2D eigenvalue weighted by Gasteiger charge is -2.10. The van der Waals surface area contributed by atoms with Crippen LogP contribution in [0, 0.1) is 0 Å². The van der Waals surface area contributed by atoms with Crippen LogP contribution in [0.25, 0.3) is 0 Å². The van der Waals surface area contributed by atoms with Crippen molar-refractivity contribution >= 4 is 23.2 Å². The highest BCUT2D eigenvalue weighted by molar-refractivity contribution is 6.51. The number of halogens is 2. The van der Waals surface area contributed by atoms with E-state index < -0.39 is 9.93 Å². The van der Waals surface area contributed by atoms with Gasteiger partial charge >= 0.3 is 0 Å². The second-order valence-electron chi connectivity index (χ2n) is 3.11. The summed E-state index contributed by atoms with van der Waals surface area (Å²) >= 11 is 11.6. The van der Waals surface area contributed by atoms with E-state index in [4.69, 9.17) is 23.2 Å². The van der Waals surface area contributed by atoms with Crippen molar-refractivity contribution in [1.82, 2.24) is 0 Å². The smallest absolute Gasteiger partial charge is 0.154 e. The van der Waals surface area contributed by atoms with Crippen molar-refractivity contribution in [3.8, 4) is 0 Å². The zero-order chi connectivity index (χ0) is 8.82. The first kappa shape index (κ1) is 8.36. The van der Waals surface area contributed by atoms with E-state index in [0.717, 1.165) is 5.56 Å². The molecule has 1 nitrogen and oxygen atoms in total. The Morgan fingerprint density at radius 2 is 1.67 bits per heavy atom. The topological polar surface area (TPSA) is 20.2 Å². The molecule has 1 aliphatic rings. The second kappa shape index (κ2) is 2.38. The molecule has 3 heteroatoms. The van der Waals surface area contributed by atoms with E-state index >= 15 is 0 Å². The Morgan fingerprint density at radius 1 is 1.17 bits per heavy atom. The van der Waals surface area contributed by atoms with Gasteiger partial charge in [-0.25, -0.2) is 0 Å². The lowest BCUT2D eigenvalue weighted by molar-refractivity contribution is 0.148. The van der Waals surface area contributed by atoms with Crippen LogP contribution >= 0.6 is 23.2 Å². The zero-order valence-electron chi connectivity index (χ0n) is 6.30. The molecule has 12 heavy (non-hydrogen) atoms. The van der Waals surface area contributed by atoms with Crippen molar-refractivity contribution in [1.29, 1.82) is 0 Å². The first-order valence-corrected chi connectivity index (χ1v) is 4.48. The third kappa shape index (κ3) is 1.05. The van der Waals surface area contributed by atoms with Crippen molar-refractivity contribution in [3.63, 3.8) is 0 Å². The molecule has 2 rings (SSSR count). The van der Waals surface area contributed by atoms with E-state index in [1.165, 1.54) is 0 Å². The molecule has 1 aromatic rings. The Hall–Kier alpha value is -0.240. The Balaban J connectivity index is 2.35. The average molecular weight is 203 g/mol. The molecule has 64 valence electrons. The molecule has 0 aromatic heterocycles. The maximum absolute atomic E-state index is 9.86. The quantitative estimate of drug-likeness (QED) is 0.695. The first-order chi connectivity index (χ1) is 5.56. The normalized spacial score (nSPS) is 31.6. The highest BCUT2D eigenvalue weighted by atomic mass is 35.5. The second-order valence-corrected chi connectivity index (χ2v) is 4.59. The van der Waals surface area contributed by atoms with Crippen LogP contribution in [-0.4, -0.2) is 9.44 Å².